The van der Waals surface area contributed by atoms with Crippen LogP contribution in [0.1, 0.15) is 35.6 Å². The lowest BCUT2D eigenvalue weighted by Gasteiger charge is -2.30. The molecule has 0 bridgehead atoms. The van der Waals surface area contributed by atoms with Gasteiger partial charge < -0.3 is 10.2 Å². The van der Waals surface area contributed by atoms with Crippen LogP contribution in [-0.2, 0) is 22.6 Å². The summed E-state index contributed by atoms with van der Waals surface area (Å²) >= 11 is 5.97. The van der Waals surface area contributed by atoms with E-state index in [0.717, 1.165) is 22.3 Å². The quantitative estimate of drug-likeness (QED) is 0.780. The first-order valence-electron chi connectivity index (χ1n) is 9.17. The molecule has 2 amide bonds. The van der Waals surface area contributed by atoms with Gasteiger partial charge in [0.15, 0.2) is 0 Å². The van der Waals surface area contributed by atoms with Gasteiger partial charge in [0.05, 0.1) is 6.42 Å². The number of hydrogen-bond donors (Lipinski definition) is 1. The number of benzene rings is 2. The van der Waals surface area contributed by atoms with E-state index in [0.29, 0.717) is 18.0 Å². The molecule has 2 aromatic carbocycles. The lowest BCUT2D eigenvalue weighted by atomic mass is 10.0. The van der Waals surface area contributed by atoms with Crippen molar-refractivity contribution in [2.24, 2.45) is 0 Å². The summed E-state index contributed by atoms with van der Waals surface area (Å²) in [4.78, 5) is 27.2. The second kappa shape index (κ2) is 9.56. The summed E-state index contributed by atoms with van der Waals surface area (Å²) in [6, 6.07) is 13.0. The number of carbonyl (C=O) groups is 2. The molecule has 0 aliphatic rings. The average Bonchev–Trinajstić information content (AvgIpc) is 2.65. The highest BCUT2D eigenvalue weighted by atomic mass is 35.5. The molecular formula is C22H27ClN2O2. The number of likely N-dealkylation sites (N-methyl/N-ethyl adjacent to an activating group) is 1. The van der Waals surface area contributed by atoms with Gasteiger partial charge in [0.25, 0.3) is 0 Å². The van der Waals surface area contributed by atoms with Gasteiger partial charge in [-0.05, 0) is 49.1 Å². The van der Waals surface area contributed by atoms with Crippen molar-refractivity contribution in [2.75, 3.05) is 7.05 Å². The number of hydrogen-bond acceptors (Lipinski definition) is 2. The topological polar surface area (TPSA) is 49.4 Å². The van der Waals surface area contributed by atoms with Crippen LogP contribution in [0, 0.1) is 13.8 Å². The monoisotopic (exact) mass is 386 g/mol. The number of carbonyl (C=O) groups excluding carboxylic acids is 2. The van der Waals surface area contributed by atoms with Crippen LogP contribution in [-0.4, -0.2) is 29.8 Å². The van der Waals surface area contributed by atoms with Crippen molar-refractivity contribution in [3.63, 3.8) is 0 Å². The zero-order valence-corrected chi connectivity index (χ0v) is 17.1. The van der Waals surface area contributed by atoms with Crippen LogP contribution in [0.4, 0.5) is 0 Å². The van der Waals surface area contributed by atoms with Gasteiger partial charge in [-0.3, -0.25) is 9.59 Å². The predicted octanol–water partition coefficient (Wildman–Crippen LogP) is 4.05. The second-order valence-corrected chi connectivity index (χ2v) is 7.23. The van der Waals surface area contributed by atoms with E-state index in [1.54, 1.807) is 24.1 Å². The van der Waals surface area contributed by atoms with Gasteiger partial charge in [0.2, 0.25) is 11.8 Å². The summed E-state index contributed by atoms with van der Waals surface area (Å²) in [6.07, 6.45) is 0.820. The largest absolute Gasteiger partial charge is 0.357 e. The summed E-state index contributed by atoms with van der Waals surface area (Å²) in [5, 5.41) is 3.32. The minimum absolute atomic E-state index is 0.0610. The summed E-state index contributed by atoms with van der Waals surface area (Å²) < 4.78 is 0. The van der Waals surface area contributed by atoms with Crippen molar-refractivity contribution in [3.05, 3.63) is 69.7 Å². The SMILES string of the molecule is CC[C@@H](C(=O)NC)N(Cc1ccc(Cl)cc1)C(=O)Cc1cc(C)ccc1C. The van der Waals surface area contributed by atoms with Gasteiger partial charge in [-0.1, -0.05) is 54.4 Å². The van der Waals surface area contributed by atoms with Crippen LogP contribution in [0.25, 0.3) is 0 Å². The Hall–Kier alpha value is -2.33. The van der Waals surface area contributed by atoms with Gasteiger partial charge in [-0.2, -0.15) is 0 Å². The highest BCUT2D eigenvalue weighted by Gasteiger charge is 2.28. The Bertz CT molecular complexity index is 802. The maximum atomic E-state index is 13.2. The Morgan fingerprint density at radius 2 is 1.78 bits per heavy atom. The molecule has 0 saturated heterocycles. The molecule has 2 rings (SSSR count). The van der Waals surface area contributed by atoms with E-state index in [1.165, 1.54) is 0 Å². The van der Waals surface area contributed by atoms with E-state index in [9.17, 15) is 9.59 Å². The van der Waals surface area contributed by atoms with Gasteiger partial charge in [-0.25, -0.2) is 0 Å². The van der Waals surface area contributed by atoms with E-state index >= 15 is 0 Å². The average molecular weight is 387 g/mol. The maximum Gasteiger partial charge on any atom is 0.242 e. The molecule has 2 aromatic rings. The Morgan fingerprint density at radius 3 is 2.37 bits per heavy atom. The normalized spacial score (nSPS) is 11.7. The van der Waals surface area contributed by atoms with Crippen LogP contribution in [0.5, 0.6) is 0 Å². The van der Waals surface area contributed by atoms with Crippen molar-refractivity contribution in [1.29, 1.82) is 0 Å². The fourth-order valence-corrected chi connectivity index (χ4v) is 3.25. The van der Waals surface area contributed by atoms with E-state index in [1.807, 2.05) is 51.1 Å². The third-order valence-electron chi connectivity index (χ3n) is 4.74. The van der Waals surface area contributed by atoms with E-state index < -0.39 is 6.04 Å². The smallest absolute Gasteiger partial charge is 0.242 e. The maximum absolute atomic E-state index is 13.2. The molecule has 0 unspecified atom stereocenters. The number of rotatable bonds is 7. The third kappa shape index (κ3) is 5.57. The summed E-state index contributed by atoms with van der Waals surface area (Å²) in [5.41, 5.74) is 4.13. The van der Waals surface area contributed by atoms with E-state index in [2.05, 4.69) is 5.32 Å². The first-order valence-corrected chi connectivity index (χ1v) is 9.55. The number of halogens is 1. The summed E-state index contributed by atoms with van der Waals surface area (Å²) in [6.45, 7) is 6.30. The van der Waals surface area contributed by atoms with Crippen LogP contribution >= 0.6 is 11.6 Å². The molecule has 4 nitrogen and oxygen atoms in total. The molecule has 144 valence electrons. The molecule has 0 aliphatic carbocycles. The first kappa shape index (κ1) is 21.0. The third-order valence-corrected chi connectivity index (χ3v) is 5.00. The van der Waals surface area contributed by atoms with E-state index in [-0.39, 0.29) is 18.2 Å². The molecule has 0 aliphatic heterocycles. The molecule has 0 aromatic heterocycles. The molecular weight excluding hydrogens is 360 g/mol. The van der Waals surface area contributed by atoms with Crippen molar-refractivity contribution in [1.82, 2.24) is 10.2 Å². The van der Waals surface area contributed by atoms with Crippen molar-refractivity contribution < 1.29 is 9.59 Å². The molecule has 5 heteroatoms. The highest BCUT2D eigenvalue weighted by Crippen LogP contribution is 2.18. The highest BCUT2D eigenvalue weighted by molar-refractivity contribution is 6.30. The van der Waals surface area contributed by atoms with Gasteiger partial charge >= 0.3 is 0 Å². The Balaban J connectivity index is 2.31. The predicted molar refractivity (Wildman–Crippen MR) is 110 cm³/mol. The van der Waals surface area contributed by atoms with Crippen molar-refractivity contribution in [2.45, 2.75) is 46.2 Å². The molecule has 0 saturated carbocycles. The fourth-order valence-electron chi connectivity index (χ4n) is 3.13. The van der Waals surface area contributed by atoms with Crippen LogP contribution in [0.3, 0.4) is 0 Å². The van der Waals surface area contributed by atoms with E-state index in [4.69, 9.17) is 11.6 Å². The van der Waals surface area contributed by atoms with Gasteiger partial charge in [-0.15, -0.1) is 0 Å². The Kier molecular flexibility index (Phi) is 7.43. The molecule has 0 radical (unpaired) electrons. The first-order chi connectivity index (χ1) is 12.8. The molecule has 0 fully saturated rings. The Morgan fingerprint density at radius 1 is 1.11 bits per heavy atom. The van der Waals surface area contributed by atoms with Gasteiger partial charge in [0, 0.05) is 18.6 Å². The number of nitrogens with zero attached hydrogens (tertiary/aromatic N) is 1. The second-order valence-electron chi connectivity index (χ2n) is 6.79. The minimum atomic E-state index is -0.511. The fraction of sp³-hybridized carbons (Fsp3) is 0.364. The lowest BCUT2D eigenvalue weighted by Crippen LogP contribution is -2.48. The molecule has 0 spiro atoms. The van der Waals surface area contributed by atoms with Crippen molar-refractivity contribution in [3.8, 4) is 0 Å². The Labute approximate surface area is 166 Å². The van der Waals surface area contributed by atoms with Crippen LogP contribution in [0.15, 0.2) is 42.5 Å². The zero-order valence-electron chi connectivity index (χ0n) is 16.4. The molecule has 1 N–H and O–H groups in total. The molecule has 27 heavy (non-hydrogen) atoms. The number of aryl methyl sites for hydroxylation is 2. The number of nitrogens with one attached hydrogen (secondary N) is 1. The lowest BCUT2D eigenvalue weighted by molar-refractivity contribution is -0.140. The van der Waals surface area contributed by atoms with Crippen molar-refractivity contribution >= 4 is 23.4 Å². The van der Waals surface area contributed by atoms with Gasteiger partial charge in [0.1, 0.15) is 6.04 Å². The zero-order chi connectivity index (χ0) is 20.0. The summed E-state index contributed by atoms with van der Waals surface area (Å²) in [5.74, 6) is -0.213. The van der Waals surface area contributed by atoms with Crippen LogP contribution < -0.4 is 5.32 Å². The molecule has 0 heterocycles. The number of amides is 2. The minimum Gasteiger partial charge on any atom is -0.357 e. The standard InChI is InChI=1S/C22H27ClN2O2/c1-5-20(22(27)24-4)25(14-17-8-10-19(23)11-9-17)21(26)13-18-12-15(2)6-7-16(18)3/h6-12,20H,5,13-14H2,1-4H3,(H,24,27)/t20-/m0/s1. The van der Waals surface area contributed by atoms with Crippen LogP contribution in [0.2, 0.25) is 5.02 Å². The molecule has 1 atom stereocenters. The summed E-state index contributed by atoms with van der Waals surface area (Å²) in [7, 11) is 1.60.